The second-order valence-electron chi connectivity index (χ2n) is 4.40. The fourth-order valence-electron chi connectivity index (χ4n) is 1.71. The van der Waals surface area contributed by atoms with Gasteiger partial charge in [-0.1, -0.05) is 18.2 Å². The number of nitrogens with two attached hydrogens (primary N) is 1. The number of hydrogen-bond donors (Lipinski definition) is 1. The standard InChI is InChI=1S/C13H19NO3/c1-4-16-11-8-6-5-7-10(11)9-13(2,3)17-12(14)15/h5-8H,4,9H2,1-3H3,(H2,14,15). The Morgan fingerprint density at radius 1 is 1.35 bits per heavy atom. The molecule has 1 aromatic carbocycles. The molecule has 4 nitrogen and oxygen atoms in total. The Morgan fingerprint density at radius 2 is 2.00 bits per heavy atom. The number of primary amides is 1. The van der Waals surface area contributed by atoms with Gasteiger partial charge in [-0.05, 0) is 32.4 Å². The molecule has 1 rings (SSSR count). The molecule has 0 aliphatic rings. The maximum Gasteiger partial charge on any atom is 0.405 e. The van der Waals surface area contributed by atoms with Crippen LogP contribution in [0.15, 0.2) is 24.3 Å². The van der Waals surface area contributed by atoms with Crippen LogP contribution < -0.4 is 10.5 Å². The lowest BCUT2D eigenvalue weighted by molar-refractivity contribution is 0.0455. The first-order chi connectivity index (χ1) is 7.94. The molecule has 17 heavy (non-hydrogen) atoms. The molecule has 2 N–H and O–H groups in total. The van der Waals surface area contributed by atoms with E-state index in [4.69, 9.17) is 15.2 Å². The Kier molecular flexibility index (Phi) is 4.37. The van der Waals surface area contributed by atoms with Gasteiger partial charge in [-0.15, -0.1) is 0 Å². The third-order valence-electron chi connectivity index (χ3n) is 2.27. The van der Waals surface area contributed by atoms with Gasteiger partial charge in [0.2, 0.25) is 0 Å². The number of carbonyl (C=O) groups is 1. The highest BCUT2D eigenvalue weighted by Crippen LogP contribution is 2.24. The van der Waals surface area contributed by atoms with E-state index in [-0.39, 0.29) is 0 Å². The first-order valence-corrected chi connectivity index (χ1v) is 5.64. The van der Waals surface area contributed by atoms with Crippen LogP contribution >= 0.6 is 0 Å². The maximum atomic E-state index is 10.8. The first-order valence-electron chi connectivity index (χ1n) is 5.64. The summed E-state index contributed by atoms with van der Waals surface area (Å²) < 4.78 is 10.6. The Hall–Kier alpha value is -1.71. The third kappa shape index (κ3) is 4.34. The quantitative estimate of drug-likeness (QED) is 0.855. The summed E-state index contributed by atoms with van der Waals surface area (Å²) in [5.41, 5.74) is 5.40. The summed E-state index contributed by atoms with van der Waals surface area (Å²) in [5.74, 6) is 0.816. The van der Waals surface area contributed by atoms with Crippen molar-refractivity contribution in [2.45, 2.75) is 32.8 Å². The summed E-state index contributed by atoms with van der Waals surface area (Å²) >= 11 is 0. The van der Waals surface area contributed by atoms with Crippen LogP contribution in [0.1, 0.15) is 26.3 Å². The Morgan fingerprint density at radius 3 is 2.59 bits per heavy atom. The molecule has 0 radical (unpaired) electrons. The molecule has 4 heteroatoms. The summed E-state index contributed by atoms with van der Waals surface area (Å²) in [6, 6.07) is 7.70. The van der Waals surface area contributed by atoms with Gasteiger partial charge in [-0.3, -0.25) is 0 Å². The second kappa shape index (κ2) is 5.57. The predicted molar refractivity (Wildman–Crippen MR) is 66.1 cm³/mol. The largest absolute Gasteiger partial charge is 0.494 e. The molecule has 0 atom stereocenters. The number of benzene rings is 1. The maximum absolute atomic E-state index is 10.8. The van der Waals surface area contributed by atoms with E-state index < -0.39 is 11.7 Å². The van der Waals surface area contributed by atoms with E-state index in [1.807, 2.05) is 45.0 Å². The number of rotatable bonds is 5. The van der Waals surface area contributed by atoms with Gasteiger partial charge in [0.05, 0.1) is 6.61 Å². The van der Waals surface area contributed by atoms with Crippen molar-refractivity contribution in [3.8, 4) is 5.75 Å². The van der Waals surface area contributed by atoms with Gasteiger partial charge in [0.25, 0.3) is 0 Å². The van der Waals surface area contributed by atoms with E-state index in [9.17, 15) is 4.79 Å². The highest BCUT2D eigenvalue weighted by atomic mass is 16.6. The van der Waals surface area contributed by atoms with Crippen LogP contribution in [0, 0.1) is 0 Å². The van der Waals surface area contributed by atoms with E-state index in [1.54, 1.807) is 0 Å². The number of carbonyl (C=O) groups excluding carboxylic acids is 1. The van der Waals surface area contributed by atoms with Crippen molar-refractivity contribution in [1.29, 1.82) is 0 Å². The predicted octanol–water partition coefficient (Wildman–Crippen LogP) is 2.50. The highest BCUT2D eigenvalue weighted by molar-refractivity contribution is 5.65. The Labute approximate surface area is 102 Å². The van der Waals surface area contributed by atoms with Crippen LogP contribution in [0.25, 0.3) is 0 Å². The van der Waals surface area contributed by atoms with Crippen molar-refractivity contribution < 1.29 is 14.3 Å². The molecular weight excluding hydrogens is 218 g/mol. The Balaban J connectivity index is 2.82. The number of ether oxygens (including phenoxy) is 2. The zero-order valence-electron chi connectivity index (χ0n) is 10.5. The number of amides is 1. The molecular formula is C13H19NO3. The molecule has 1 amide bonds. The van der Waals surface area contributed by atoms with Gasteiger partial charge in [-0.2, -0.15) is 0 Å². The third-order valence-corrected chi connectivity index (χ3v) is 2.27. The summed E-state index contributed by atoms with van der Waals surface area (Å²) in [7, 11) is 0. The monoisotopic (exact) mass is 237 g/mol. The molecule has 0 bridgehead atoms. The molecule has 0 aliphatic carbocycles. The first kappa shape index (κ1) is 13.4. The van der Waals surface area contributed by atoms with Crippen molar-refractivity contribution in [2.75, 3.05) is 6.61 Å². The van der Waals surface area contributed by atoms with E-state index in [0.717, 1.165) is 11.3 Å². The molecule has 0 saturated heterocycles. The number of hydrogen-bond acceptors (Lipinski definition) is 3. The molecule has 0 aromatic heterocycles. The SMILES string of the molecule is CCOc1ccccc1CC(C)(C)OC(N)=O. The normalized spacial score (nSPS) is 11.0. The Bertz CT molecular complexity index is 388. The smallest absolute Gasteiger partial charge is 0.405 e. The van der Waals surface area contributed by atoms with Crippen LogP contribution in [-0.4, -0.2) is 18.3 Å². The summed E-state index contributed by atoms with van der Waals surface area (Å²) in [6.07, 6.45) is -0.199. The summed E-state index contributed by atoms with van der Waals surface area (Å²) in [5, 5.41) is 0. The second-order valence-corrected chi connectivity index (χ2v) is 4.40. The lowest BCUT2D eigenvalue weighted by atomic mass is 9.97. The fourth-order valence-corrected chi connectivity index (χ4v) is 1.71. The molecule has 0 heterocycles. The van der Waals surface area contributed by atoms with Gasteiger partial charge < -0.3 is 15.2 Å². The van der Waals surface area contributed by atoms with Crippen LogP contribution in [-0.2, 0) is 11.2 Å². The van der Waals surface area contributed by atoms with Crippen molar-refractivity contribution in [1.82, 2.24) is 0 Å². The van der Waals surface area contributed by atoms with Gasteiger partial charge in [0.1, 0.15) is 11.4 Å². The molecule has 94 valence electrons. The molecule has 0 fully saturated rings. The lowest BCUT2D eigenvalue weighted by Gasteiger charge is -2.25. The van der Waals surface area contributed by atoms with Gasteiger partial charge in [0.15, 0.2) is 0 Å². The topological polar surface area (TPSA) is 61.6 Å². The van der Waals surface area contributed by atoms with Crippen molar-refractivity contribution in [3.63, 3.8) is 0 Å². The molecule has 0 aliphatic heterocycles. The zero-order valence-corrected chi connectivity index (χ0v) is 10.5. The highest BCUT2D eigenvalue weighted by Gasteiger charge is 2.23. The lowest BCUT2D eigenvalue weighted by Crippen LogP contribution is -2.33. The van der Waals surface area contributed by atoms with Crippen molar-refractivity contribution >= 4 is 6.09 Å². The van der Waals surface area contributed by atoms with Gasteiger partial charge in [-0.25, -0.2) is 4.79 Å². The van der Waals surface area contributed by atoms with E-state index in [0.29, 0.717) is 13.0 Å². The minimum absolute atomic E-state index is 0.562. The molecule has 1 aromatic rings. The zero-order chi connectivity index (χ0) is 12.9. The van der Waals surface area contributed by atoms with Crippen molar-refractivity contribution in [2.24, 2.45) is 5.73 Å². The molecule has 0 saturated carbocycles. The minimum Gasteiger partial charge on any atom is -0.494 e. The van der Waals surface area contributed by atoms with Crippen LogP contribution in [0.3, 0.4) is 0 Å². The van der Waals surface area contributed by atoms with Gasteiger partial charge in [0, 0.05) is 6.42 Å². The average Bonchev–Trinajstić information content (AvgIpc) is 2.18. The van der Waals surface area contributed by atoms with Crippen LogP contribution in [0.4, 0.5) is 4.79 Å². The van der Waals surface area contributed by atoms with Crippen LogP contribution in [0.5, 0.6) is 5.75 Å². The summed E-state index contributed by atoms with van der Waals surface area (Å²) in [6.45, 7) is 6.18. The van der Waals surface area contributed by atoms with E-state index >= 15 is 0 Å². The number of para-hydroxylation sites is 1. The van der Waals surface area contributed by atoms with Crippen molar-refractivity contribution in [3.05, 3.63) is 29.8 Å². The fraction of sp³-hybridized carbons (Fsp3) is 0.462. The van der Waals surface area contributed by atoms with E-state index in [2.05, 4.69) is 0 Å². The molecule has 0 unspecified atom stereocenters. The van der Waals surface area contributed by atoms with E-state index in [1.165, 1.54) is 0 Å². The molecule has 0 spiro atoms. The average molecular weight is 237 g/mol. The minimum atomic E-state index is -0.760. The van der Waals surface area contributed by atoms with Gasteiger partial charge >= 0.3 is 6.09 Å². The summed E-state index contributed by atoms with van der Waals surface area (Å²) in [4.78, 5) is 10.8. The van der Waals surface area contributed by atoms with Crippen LogP contribution in [0.2, 0.25) is 0 Å².